The number of anilines is 1. The van der Waals surface area contributed by atoms with Crippen LogP contribution in [0.25, 0.3) is 0 Å². The number of ether oxygens (including phenoxy) is 1. The van der Waals surface area contributed by atoms with Gasteiger partial charge < -0.3 is 15.4 Å². The van der Waals surface area contributed by atoms with Gasteiger partial charge in [-0.3, -0.25) is 10.1 Å². The van der Waals surface area contributed by atoms with Crippen molar-refractivity contribution in [2.45, 2.75) is 51.5 Å². The van der Waals surface area contributed by atoms with Crippen LogP contribution in [0.2, 0.25) is 0 Å². The van der Waals surface area contributed by atoms with Crippen LogP contribution < -0.4 is 16.0 Å². The van der Waals surface area contributed by atoms with Gasteiger partial charge in [0.05, 0.1) is 5.56 Å². The molecule has 0 radical (unpaired) electrons. The molecule has 142 valence electrons. The highest BCUT2D eigenvalue weighted by molar-refractivity contribution is 5.99. The number of carbonyl (C=O) groups excluding carboxylic acids is 3. The van der Waals surface area contributed by atoms with Gasteiger partial charge in [0.15, 0.2) is 6.61 Å². The molecular formula is C19H27N3O4. The summed E-state index contributed by atoms with van der Waals surface area (Å²) in [5.74, 6) is -1.25. The molecule has 1 fully saturated rings. The zero-order valence-corrected chi connectivity index (χ0v) is 15.2. The van der Waals surface area contributed by atoms with E-state index >= 15 is 0 Å². The molecule has 3 N–H and O–H groups in total. The van der Waals surface area contributed by atoms with Crippen molar-refractivity contribution in [3.05, 3.63) is 29.8 Å². The molecule has 1 aliphatic carbocycles. The fourth-order valence-corrected chi connectivity index (χ4v) is 2.88. The van der Waals surface area contributed by atoms with E-state index in [0.717, 1.165) is 45.1 Å². The Kier molecular flexibility index (Phi) is 7.92. The van der Waals surface area contributed by atoms with Crippen molar-refractivity contribution < 1.29 is 19.1 Å². The summed E-state index contributed by atoms with van der Waals surface area (Å²) in [4.78, 5) is 35.7. The lowest BCUT2D eigenvalue weighted by Gasteiger charge is -2.13. The Balaban J connectivity index is 1.78. The maximum Gasteiger partial charge on any atom is 0.340 e. The number of carbonyl (C=O) groups is 3. The molecule has 0 heterocycles. The predicted molar refractivity (Wildman–Crippen MR) is 99.1 cm³/mol. The van der Waals surface area contributed by atoms with E-state index in [1.807, 2.05) is 6.07 Å². The largest absolute Gasteiger partial charge is 0.452 e. The van der Waals surface area contributed by atoms with Crippen LogP contribution in [-0.4, -0.2) is 37.1 Å². The minimum atomic E-state index is -0.648. The molecule has 0 aliphatic heterocycles. The molecule has 1 aromatic rings. The topological polar surface area (TPSA) is 96.5 Å². The molecule has 7 heteroatoms. The first-order valence-corrected chi connectivity index (χ1v) is 9.20. The van der Waals surface area contributed by atoms with Crippen LogP contribution in [0.15, 0.2) is 24.3 Å². The highest BCUT2D eigenvalue weighted by Gasteiger charge is 2.19. The number of hydrogen-bond acceptors (Lipinski definition) is 5. The van der Waals surface area contributed by atoms with Crippen molar-refractivity contribution in [3.8, 4) is 0 Å². The summed E-state index contributed by atoms with van der Waals surface area (Å²) in [6.45, 7) is 2.34. The van der Waals surface area contributed by atoms with Gasteiger partial charge in [-0.05, 0) is 31.4 Å². The van der Waals surface area contributed by atoms with Gasteiger partial charge in [0.1, 0.15) is 0 Å². The quantitative estimate of drug-likeness (QED) is 0.489. The van der Waals surface area contributed by atoms with E-state index in [-0.39, 0.29) is 6.04 Å². The molecule has 1 aliphatic rings. The maximum absolute atomic E-state index is 12.2. The third-order valence-electron chi connectivity index (χ3n) is 4.27. The molecule has 2 rings (SSSR count). The third kappa shape index (κ3) is 6.38. The number of rotatable bonds is 8. The average Bonchev–Trinajstić information content (AvgIpc) is 3.13. The molecule has 0 unspecified atom stereocenters. The van der Waals surface area contributed by atoms with Gasteiger partial charge in [0, 0.05) is 18.3 Å². The lowest BCUT2D eigenvalue weighted by Crippen LogP contribution is -2.45. The summed E-state index contributed by atoms with van der Waals surface area (Å²) in [5, 5.41) is 8.12. The molecule has 3 amide bonds. The fourth-order valence-electron chi connectivity index (χ4n) is 2.88. The van der Waals surface area contributed by atoms with Gasteiger partial charge in [-0.2, -0.15) is 0 Å². The van der Waals surface area contributed by atoms with Crippen molar-refractivity contribution in [1.29, 1.82) is 0 Å². The molecule has 26 heavy (non-hydrogen) atoms. The maximum atomic E-state index is 12.2. The highest BCUT2D eigenvalue weighted by Crippen LogP contribution is 2.17. The van der Waals surface area contributed by atoms with Gasteiger partial charge in [-0.25, -0.2) is 9.59 Å². The second-order valence-electron chi connectivity index (χ2n) is 6.41. The van der Waals surface area contributed by atoms with Crippen LogP contribution in [0.3, 0.4) is 0 Å². The Bertz CT molecular complexity index is 627. The number of unbranched alkanes of at least 4 members (excludes halogenated alkanes) is 1. The van der Waals surface area contributed by atoms with Gasteiger partial charge in [0.25, 0.3) is 5.91 Å². The van der Waals surface area contributed by atoms with Crippen molar-refractivity contribution in [2.24, 2.45) is 0 Å². The predicted octanol–water partition coefficient (Wildman–Crippen LogP) is 2.82. The molecule has 0 atom stereocenters. The standard InChI is InChI=1S/C19H27N3O4/c1-2-3-12-20-16-11-7-6-10-15(16)18(24)26-13-17(23)22-19(25)21-14-8-4-5-9-14/h6-7,10-11,14,20H,2-5,8-9,12-13H2,1H3,(H2,21,22,23,25). The summed E-state index contributed by atoms with van der Waals surface area (Å²) in [6, 6.07) is 6.57. The first kappa shape index (κ1) is 19.8. The van der Waals surface area contributed by atoms with Crippen LogP contribution in [0.1, 0.15) is 55.8 Å². The molecule has 0 saturated heterocycles. The minimum absolute atomic E-state index is 0.117. The van der Waals surface area contributed by atoms with E-state index in [2.05, 4.69) is 22.9 Å². The Morgan fingerprint density at radius 1 is 1.15 bits per heavy atom. The number of amides is 3. The second-order valence-corrected chi connectivity index (χ2v) is 6.41. The minimum Gasteiger partial charge on any atom is -0.452 e. The number of nitrogens with one attached hydrogen (secondary N) is 3. The van der Waals surface area contributed by atoms with Crippen LogP contribution in [0, 0.1) is 0 Å². The number of urea groups is 1. The zero-order valence-electron chi connectivity index (χ0n) is 15.2. The Hall–Kier alpha value is -2.57. The van der Waals surface area contributed by atoms with Crippen LogP contribution >= 0.6 is 0 Å². The summed E-state index contributed by atoms with van der Waals surface area (Å²) in [7, 11) is 0. The second kappa shape index (κ2) is 10.4. The monoisotopic (exact) mass is 361 g/mol. The van der Waals surface area contributed by atoms with Crippen LogP contribution in [0.4, 0.5) is 10.5 Å². The summed E-state index contributed by atoms with van der Waals surface area (Å²) < 4.78 is 5.04. The smallest absolute Gasteiger partial charge is 0.340 e. The number of hydrogen-bond donors (Lipinski definition) is 3. The molecule has 1 aromatic carbocycles. The SMILES string of the molecule is CCCCNc1ccccc1C(=O)OCC(=O)NC(=O)NC1CCCC1. The van der Waals surface area contributed by atoms with Crippen molar-refractivity contribution in [3.63, 3.8) is 0 Å². The summed E-state index contributed by atoms with van der Waals surface area (Å²) in [5.41, 5.74) is 1.04. The summed E-state index contributed by atoms with van der Waals surface area (Å²) >= 11 is 0. The average molecular weight is 361 g/mol. The first-order chi connectivity index (χ1) is 12.6. The number of para-hydroxylation sites is 1. The van der Waals surface area contributed by atoms with Crippen molar-refractivity contribution in [2.75, 3.05) is 18.5 Å². The van der Waals surface area contributed by atoms with E-state index in [0.29, 0.717) is 11.3 Å². The van der Waals surface area contributed by atoms with Crippen LogP contribution in [-0.2, 0) is 9.53 Å². The molecule has 0 bridgehead atoms. The highest BCUT2D eigenvalue weighted by atomic mass is 16.5. The summed E-state index contributed by atoms with van der Waals surface area (Å²) in [6.07, 6.45) is 6.06. The van der Waals surface area contributed by atoms with Gasteiger partial charge in [-0.15, -0.1) is 0 Å². The lowest BCUT2D eigenvalue weighted by molar-refractivity contribution is -0.123. The van der Waals surface area contributed by atoms with Gasteiger partial charge >= 0.3 is 12.0 Å². The Morgan fingerprint density at radius 2 is 1.88 bits per heavy atom. The number of esters is 1. The van der Waals surface area contributed by atoms with E-state index in [9.17, 15) is 14.4 Å². The van der Waals surface area contributed by atoms with E-state index in [1.54, 1.807) is 18.2 Å². The normalized spacial score (nSPS) is 13.9. The molecular weight excluding hydrogens is 334 g/mol. The van der Waals surface area contributed by atoms with Gasteiger partial charge in [-0.1, -0.05) is 38.3 Å². The van der Waals surface area contributed by atoms with E-state index < -0.39 is 24.5 Å². The van der Waals surface area contributed by atoms with Crippen molar-refractivity contribution >= 4 is 23.6 Å². The van der Waals surface area contributed by atoms with Gasteiger partial charge in [0.2, 0.25) is 0 Å². The number of benzene rings is 1. The lowest BCUT2D eigenvalue weighted by atomic mass is 10.1. The van der Waals surface area contributed by atoms with Crippen molar-refractivity contribution in [1.82, 2.24) is 10.6 Å². The number of imide groups is 1. The molecule has 0 aromatic heterocycles. The van der Waals surface area contributed by atoms with Crippen LogP contribution in [0.5, 0.6) is 0 Å². The molecule has 7 nitrogen and oxygen atoms in total. The van der Waals surface area contributed by atoms with E-state index in [4.69, 9.17) is 4.74 Å². The fraction of sp³-hybridized carbons (Fsp3) is 0.526. The Morgan fingerprint density at radius 3 is 2.62 bits per heavy atom. The van der Waals surface area contributed by atoms with E-state index in [1.165, 1.54) is 0 Å². The Labute approximate surface area is 153 Å². The molecule has 1 saturated carbocycles. The third-order valence-corrected chi connectivity index (χ3v) is 4.27. The molecule has 0 spiro atoms. The first-order valence-electron chi connectivity index (χ1n) is 9.20. The zero-order chi connectivity index (χ0) is 18.8.